The summed E-state index contributed by atoms with van der Waals surface area (Å²) in [6, 6.07) is 0.0959. The summed E-state index contributed by atoms with van der Waals surface area (Å²) in [5.41, 5.74) is 0. The molecule has 0 aromatic carbocycles. The molecule has 2 N–H and O–H groups in total. The van der Waals surface area contributed by atoms with Gasteiger partial charge in [-0.1, -0.05) is 13.3 Å². The van der Waals surface area contributed by atoms with Gasteiger partial charge in [-0.15, -0.1) is 0 Å². The zero-order valence-corrected chi connectivity index (χ0v) is 9.01. The maximum absolute atomic E-state index is 11.1. The van der Waals surface area contributed by atoms with Crippen LogP contribution in [0.3, 0.4) is 0 Å². The Kier molecular flexibility index (Phi) is 5.37. The standard InChI is InChI=1S/C10H21N3O/c1-2-3-5-11-6-4-8-13-9-7-12-10(13)14/h11H,2-9H2,1H3,(H,12,14). The minimum atomic E-state index is 0.0959. The minimum absolute atomic E-state index is 0.0959. The third-order valence-corrected chi connectivity index (χ3v) is 2.43. The van der Waals surface area contributed by atoms with Crippen LogP contribution in [0.2, 0.25) is 0 Å². The molecule has 1 aliphatic heterocycles. The minimum Gasteiger partial charge on any atom is -0.336 e. The number of carbonyl (C=O) groups is 1. The molecule has 14 heavy (non-hydrogen) atoms. The summed E-state index contributed by atoms with van der Waals surface area (Å²) in [5.74, 6) is 0. The Morgan fingerprint density at radius 1 is 1.43 bits per heavy atom. The Balaban J connectivity index is 1.90. The summed E-state index contributed by atoms with van der Waals surface area (Å²) in [7, 11) is 0. The average molecular weight is 199 g/mol. The Hall–Kier alpha value is -0.770. The third kappa shape index (κ3) is 3.96. The Labute approximate surface area is 86.0 Å². The van der Waals surface area contributed by atoms with E-state index in [-0.39, 0.29) is 6.03 Å². The molecule has 0 aromatic heterocycles. The van der Waals surface area contributed by atoms with E-state index in [4.69, 9.17) is 0 Å². The molecule has 1 heterocycles. The molecular weight excluding hydrogens is 178 g/mol. The van der Waals surface area contributed by atoms with Crippen LogP contribution < -0.4 is 10.6 Å². The molecule has 0 aliphatic carbocycles. The maximum atomic E-state index is 11.1. The Bertz CT molecular complexity index is 173. The molecular formula is C10H21N3O. The van der Waals surface area contributed by atoms with Crippen LogP contribution in [0.5, 0.6) is 0 Å². The molecule has 82 valence electrons. The zero-order valence-electron chi connectivity index (χ0n) is 9.01. The second-order valence-corrected chi connectivity index (χ2v) is 3.68. The molecule has 0 spiro atoms. The molecule has 2 amide bonds. The molecule has 0 bridgehead atoms. The van der Waals surface area contributed by atoms with Gasteiger partial charge in [-0.05, 0) is 25.9 Å². The smallest absolute Gasteiger partial charge is 0.317 e. The van der Waals surface area contributed by atoms with Gasteiger partial charge in [-0.2, -0.15) is 0 Å². The molecule has 0 saturated carbocycles. The van der Waals surface area contributed by atoms with Crippen LogP contribution >= 0.6 is 0 Å². The zero-order chi connectivity index (χ0) is 10.2. The predicted molar refractivity (Wildman–Crippen MR) is 57.4 cm³/mol. The monoisotopic (exact) mass is 199 g/mol. The van der Waals surface area contributed by atoms with E-state index >= 15 is 0 Å². The summed E-state index contributed by atoms with van der Waals surface area (Å²) < 4.78 is 0. The van der Waals surface area contributed by atoms with Crippen LogP contribution in [0.4, 0.5) is 4.79 Å². The van der Waals surface area contributed by atoms with Crippen molar-refractivity contribution in [3.63, 3.8) is 0 Å². The van der Waals surface area contributed by atoms with Crippen LogP contribution in [0.15, 0.2) is 0 Å². The lowest BCUT2D eigenvalue weighted by molar-refractivity contribution is 0.217. The van der Waals surface area contributed by atoms with Crippen molar-refractivity contribution in [1.29, 1.82) is 0 Å². The highest BCUT2D eigenvalue weighted by Gasteiger charge is 2.17. The fourth-order valence-corrected chi connectivity index (χ4v) is 1.55. The number of nitrogens with zero attached hydrogens (tertiary/aromatic N) is 1. The molecule has 0 radical (unpaired) electrons. The number of hydrogen-bond donors (Lipinski definition) is 2. The van der Waals surface area contributed by atoms with Gasteiger partial charge in [0.25, 0.3) is 0 Å². The fraction of sp³-hybridized carbons (Fsp3) is 0.900. The van der Waals surface area contributed by atoms with E-state index in [2.05, 4.69) is 17.6 Å². The van der Waals surface area contributed by atoms with Crippen LogP contribution in [0.1, 0.15) is 26.2 Å². The van der Waals surface area contributed by atoms with Gasteiger partial charge in [0.15, 0.2) is 0 Å². The first-order valence-corrected chi connectivity index (χ1v) is 5.58. The lowest BCUT2D eigenvalue weighted by Gasteiger charge is -2.13. The van der Waals surface area contributed by atoms with E-state index in [1.165, 1.54) is 12.8 Å². The summed E-state index contributed by atoms with van der Waals surface area (Å²) in [6.45, 7) is 6.86. The van der Waals surface area contributed by atoms with Crippen molar-refractivity contribution in [2.24, 2.45) is 0 Å². The molecule has 0 unspecified atom stereocenters. The first kappa shape index (κ1) is 11.3. The quantitative estimate of drug-likeness (QED) is 0.595. The van der Waals surface area contributed by atoms with Crippen molar-refractivity contribution >= 4 is 6.03 Å². The maximum Gasteiger partial charge on any atom is 0.317 e. The molecule has 4 heteroatoms. The second kappa shape index (κ2) is 6.65. The van der Waals surface area contributed by atoms with Gasteiger partial charge in [0.2, 0.25) is 0 Å². The van der Waals surface area contributed by atoms with E-state index in [1.54, 1.807) is 0 Å². The normalized spacial score (nSPS) is 16.1. The van der Waals surface area contributed by atoms with E-state index in [0.717, 1.165) is 39.1 Å². The SMILES string of the molecule is CCCCNCCCN1CCNC1=O. The van der Waals surface area contributed by atoms with Crippen molar-refractivity contribution in [3.8, 4) is 0 Å². The number of hydrogen-bond acceptors (Lipinski definition) is 2. The molecule has 4 nitrogen and oxygen atoms in total. The van der Waals surface area contributed by atoms with Gasteiger partial charge in [-0.3, -0.25) is 0 Å². The van der Waals surface area contributed by atoms with Crippen LogP contribution in [-0.4, -0.2) is 43.7 Å². The van der Waals surface area contributed by atoms with Crippen molar-refractivity contribution in [3.05, 3.63) is 0 Å². The highest BCUT2D eigenvalue weighted by atomic mass is 16.2. The van der Waals surface area contributed by atoms with Crippen LogP contribution in [-0.2, 0) is 0 Å². The lowest BCUT2D eigenvalue weighted by Crippen LogP contribution is -2.31. The molecule has 1 saturated heterocycles. The largest absolute Gasteiger partial charge is 0.336 e. The van der Waals surface area contributed by atoms with Gasteiger partial charge in [0.1, 0.15) is 0 Å². The number of rotatable bonds is 7. The number of unbranched alkanes of at least 4 members (excludes halogenated alkanes) is 1. The number of urea groups is 1. The fourth-order valence-electron chi connectivity index (χ4n) is 1.55. The van der Waals surface area contributed by atoms with Gasteiger partial charge < -0.3 is 15.5 Å². The first-order chi connectivity index (χ1) is 6.84. The predicted octanol–water partition coefficient (Wildman–Crippen LogP) is 0.791. The highest BCUT2D eigenvalue weighted by Crippen LogP contribution is 1.97. The molecule has 1 aliphatic rings. The third-order valence-electron chi connectivity index (χ3n) is 2.43. The second-order valence-electron chi connectivity index (χ2n) is 3.68. The van der Waals surface area contributed by atoms with E-state index in [1.807, 2.05) is 4.90 Å². The molecule has 1 fully saturated rings. The van der Waals surface area contributed by atoms with Gasteiger partial charge >= 0.3 is 6.03 Å². The molecule has 0 aromatic rings. The lowest BCUT2D eigenvalue weighted by atomic mass is 10.3. The number of amides is 2. The topological polar surface area (TPSA) is 44.4 Å². The Morgan fingerprint density at radius 2 is 2.21 bits per heavy atom. The summed E-state index contributed by atoms with van der Waals surface area (Å²) in [5, 5.41) is 6.16. The van der Waals surface area contributed by atoms with Crippen molar-refractivity contribution in [1.82, 2.24) is 15.5 Å². The summed E-state index contributed by atoms with van der Waals surface area (Å²) in [6.07, 6.45) is 3.53. The van der Waals surface area contributed by atoms with Crippen molar-refractivity contribution in [2.75, 3.05) is 32.7 Å². The van der Waals surface area contributed by atoms with E-state index < -0.39 is 0 Å². The summed E-state index contributed by atoms with van der Waals surface area (Å²) >= 11 is 0. The Morgan fingerprint density at radius 3 is 2.86 bits per heavy atom. The number of nitrogens with one attached hydrogen (secondary N) is 2. The van der Waals surface area contributed by atoms with E-state index in [9.17, 15) is 4.79 Å². The summed E-state index contributed by atoms with van der Waals surface area (Å²) in [4.78, 5) is 13.0. The molecule has 1 rings (SSSR count). The average Bonchev–Trinajstić information content (AvgIpc) is 2.58. The van der Waals surface area contributed by atoms with Crippen LogP contribution in [0, 0.1) is 0 Å². The van der Waals surface area contributed by atoms with Gasteiger partial charge in [-0.25, -0.2) is 4.79 Å². The highest BCUT2D eigenvalue weighted by molar-refractivity contribution is 5.76. The van der Waals surface area contributed by atoms with Gasteiger partial charge in [0, 0.05) is 19.6 Å². The first-order valence-electron chi connectivity index (χ1n) is 5.58. The van der Waals surface area contributed by atoms with Crippen molar-refractivity contribution in [2.45, 2.75) is 26.2 Å². The number of carbonyl (C=O) groups excluding carboxylic acids is 1. The van der Waals surface area contributed by atoms with Gasteiger partial charge in [0.05, 0.1) is 0 Å². The molecule has 0 atom stereocenters. The van der Waals surface area contributed by atoms with Crippen molar-refractivity contribution < 1.29 is 4.79 Å². The van der Waals surface area contributed by atoms with Crippen LogP contribution in [0.25, 0.3) is 0 Å². The van der Waals surface area contributed by atoms with E-state index in [0.29, 0.717) is 0 Å².